The van der Waals surface area contributed by atoms with E-state index in [0.29, 0.717) is 10.9 Å². The van der Waals surface area contributed by atoms with Crippen LogP contribution in [-0.2, 0) is 0 Å². The third-order valence-electron chi connectivity index (χ3n) is 3.10. The lowest BCUT2D eigenvalue weighted by atomic mass is 10.1. The van der Waals surface area contributed by atoms with Crippen molar-refractivity contribution < 1.29 is 4.74 Å². The summed E-state index contributed by atoms with van der Waals surface area (Å²) in [7, 11) is 0. The summed E-state index contributed by atoms with van der Waals surface area (Å²) < 4.78 is 5.79. The van der Waals surface area contributed by atoms with Crippen LogP contribution >= 0.6 is 11.3 Å². The monoisotopic (exact) mass is 318 g/mol. The molecule has 6 heteroatoms. The SMILES string of the molecule is CCCCCOc1ccc(C=NNc2nc(N)cs2)cc1C. The first-order valence-electron chi connectivity index (χ1n) is 7.42. The average molecular weight is 318 g/mol. The van der Waals surface area contributed by atoms with Crippen LogP contribution in [0.2, 0.25) is 0 Å². The number of anilines is 2. The maximum Gasteiger partial charge on any atom is 0.205 e. The van der Waals surface area contributed by atoms with Crippen molar-refractivity contribution in [3.8, 4) is 5.75 Å². The lowest BCUT2D eigenvalue weighted by Crippen LogP contribution is -1.99. The standard InChI is InChI=1S/C16H22N4OS/c1-3-4-5-8-21-14-7-6-13(9-12(14)2)10-18-20-16-19-15(17)11-22-16/h6-7,9-11H,3-5,8,17H2,1-2H3,(H,19,20). The van der Waals surface area contributed by atoms with Crippen molar-refractivity contribution in [1.82, 2.24) is 4.98 Å². The van der Waals surface area contributed by atoms with Crippen molar-refractivity contribution in [2.75, 3.05) is 17.8 Å². The van der Waals surface area contributed by atoms with E-state index in [1.807, 2.05) is 19.1 Å². The molecule has 0 amide bonds. The highest BCUT2D eigenvalue weighted by Crippen LogP contribution is 2.19. The third-order valence-corrected chi connectivity index (χ3v) is 3.87. The molecule has 3 N–H and O–H groups in total. The molecule has 0 aliphatic heterocycles. The van der Waals surface area contributed by atoms with Crippen LogP contribution in [0, 0.1) is 6.92 Å². The lowest BCUT2D eigenvalue weighted by Gasteiger charge is -2.09. The summed E-state index contributed by atoms with van der Waals surface area (Å²) in [6, 6.07) is 6.03. The first kappa shape index (κ1) is 16.3. The van der Waals surface area contributed by atoms with Gasteiger partial charge in [0.1, 0.15) is 11.6 Å². The van der Waals surface area contributed by atoms with Gasteiger partial charge in [-0.25, -0.2) is 4.98 Å². The van der Waals surface area contributed by atoms with Crippen LogP contribution in [0.1, 0.15) is 37.3 Å². The highest BCUT2D eigenvalue weighted by molar-refractivity contribution is 7.14. The molecule has 118 valence electrons. The number of benzene rings is 1. The Balaban J connectivity index is 1.88. The van der Waals surface area contributed by atoms with Gasteiger partial charge < -0.3 is 10.5 Å². The van der Waals surface area contributed by atoms with Gasteiger partial charge in [0.05, 0.1) is 12.8 Å². The van der Waals surface area contributed by atoms with Crippen molar-refractivity contribution in [2.45, 2.75) is 33.1 Å². The fourth-order valence-electron chi connectivity index (χ4n) is 1.95. The smallest absolute Gasteiger partial charge is 0.205 e. The Hall–Kier alpha value is -2.08. The Bertz CT molecular complexity index is 624. The van der Waals surface area contributed by atoms with Gasteiger partial charge in [0.25, 0.3) is 0 Å². The number of hydrogen-bond donors (Lipinski definition) is 2. The summed E-state index contributed by atoms with van der Waals surface area (Å²) in [5.74, 6) is 1.44. The van der Waals surface area contributed by atoms with Crippen molar-refractivity contribution in [3.63, 3.8) is 0 Å². The second-order valence-electron chi connectivity index (χ2n) is 5.03. The molecule has 2 aromatic rings. The summed E-state index contributed by atoms with van der Waals surface area (Å²) in [6.07, 6.45) is 5.26. The molecule has 0 atom stereocenters. The number of nitrogens with one attached hydrogen (secondary N) is 1. The number of aromatic nitrogens is 1. The van der Waals surface area contributed by atoms with Crippen LogP contribution in [0.4, 0.5) is 10.9 Å². The Kier molecular flexibility index (Phi) is 6.21. The number of nitrogen functional groups attached to an aromatic ring is 1. The zero-order chi connectivity index (χ0) is 15.8. The largest absolute Gasteiger partial charge is 0.493 e. The van der Waals surface area contributed by atoms with E-state index < -0.39 is 0 Å². The molecule has 22 heavy (non-hydrogen) atoms. The molecule has 1 heterocycles. The van der Waals surface area contributed by atoms with Gasteiger partial charge in [0.2, 0.25) is 5.13 Å². The molecule has 0 unspecified atom stereocenters. The fraction of sp³-hybridized carbons (Fsp3) is 0.375. The molecular formula is C16H22N4OS. The van der Waals surface area contributed by atoms with E-state index in [9.17, 15) is 0 Å². The first-order chi connectivity index (χ1) is 10.7. The number of ether oxygens (including phenoxy) is 1. The van der Waals surface area contributed by atoms with Crippen molar-refractivity contribution in [2.24, 2.45) is 5.10 Å². The van der Waals surface area contributed by atoms with E-state index in [0.717, 1.165) is 29.9 Å². The summed E-state index contributed by atoms with van der Waals surface area (Å²) in [5.41, 5.74) is 10.5. The number of thiazole rings is 1. The van der Waals surface area contributed by atoms with E-state index in [2.05, 4.69) is 28.5 Å². The first-order valence-corrected chi connectivity index (χ1v) is 8.30. The number of unbranched alkanes of at least 4 members (excludes halogenated alkanes) is 2. The summed E-state index contributed by atoms with van der Waals surface area (Å²) in [4.78, 5) is 4.07. The number of nitrogens with zero attached hydrogens (tertiary/aromatic N) is 2. The predicted molar refractivity (Wildman–Crippen MR) is 93.9 cm³/mol. The molecule has 0 saturated carbocycles. The summed E-state index contributed by atoms with van der Waals surface area (Å²) in [5, 5.41) is 6.61. The van der Waals surface area contributed by atoms with E-state index in [-0.39, 0.29) is 0 Å². The maximum absolute atomic E-state index is 5.79. The van der Waals surface area contributed by atoms with Crippen molar-refractivity contribution in [3.05, 3.63) is 34.7 Å². The normalized spacial score (nSPS) is 11.0. The third kappa shape index (κ3) is 5.04. The van der Waals surface area contributed by atoms with Crippen LogP contribution in [0.15, 0.2) is 28.7 Å². The number of nitrogens with two attached hydrogens (primary N) is 1. The molecule has 1 aromatic carbocycles. The van der Waals surface area contributed by atoms with Crippen molar-refractivity contribution in [1.29, 1.82) is 0 Å². The quantitative estimate of drug-likeness (QED) is 0.437. The Morgan fingerprint density at radius 2 is 2.27 bits per heavy atom. The second kappa shape index (κ2) is 8.38. The van der Waals surface area contributed by atoms with Gasteiger partial charge in [-0.2, -0.15) is 5.10 Å². The molecule has 0 spiro atoms. The number of hydrogen-bond acceptors (Lipinski definition) is 6. The van der Waals surface area contributed by atoms with Crippen LogP contribution in [0.5, 0.6) is 5.75 Å². The van der Waals surface area contributed by atoms with Crippen LogP contribution in [0.25, 0.3) is 0 Å². The Morgan fingerprint density at radius 1 is 1.41 bits per heavy atom. The lowest BCUT2D eigenvalue weighted by molar-refractivity contribution is 0.304. The molecule has 5 nitrogen and oxygen atoms in total. The van der Waals surface area contributed by atoms with Crippen LogP contribution < -0.4 is 15.9 Å². The van der Waals surface area contributed by atoms with Gasteiger partial charge in [-0.15, -0.1) is 11.3 Å². The van der Waals surface area contributed by atoms with E-state index in [4.69, 9.17) is 10.5 Å². The Labute approximate surface area is 135 Å². The number of aryl methyl sites for hydroxylation is 1. The summed E-state index contributed by atoms with van der Waals surface area (Å²) in [6.45, 7) is 5.00. The average Bonchev–Trinajstić information content (AvgIpc) is 2.91. The maximum atomic E-state index is 5.79. The molecule has 0 bridgehead atoms. The number of hydrazone groups is 1. The van der Waals surface area contributed by atoms with Gasteiger partial charge in [-0.3, -0.25) is 5.43 Å². The minimum absolute atomic E-state index is 0.503. The van der Waals surface area contributed by atoms with E-state index in [1.165, 1.54) is 24.2 Å². The second-order valence-corrected chi connectivity index (χ2v) is 5.89. The molecule has 0 fully saturated rings. The van der Waals surface area contributed by atoms with Crippen LogP contribution in [-0.4, -0.2) is 17.8 Å². The highest BCUT2D eigenvalue weighted by atomic mass is 32.1. The van der Waals surface area contributed by atoms with Gasteiger partial charge in [-0.05, 0) is 42.7 Å². The van der Waals surface area contributed by atoms with Gasteiger partial charge >= 0.3 is 0 Å². The molecule has 1 aromatic heterocycles. The van der Waals surface area contributed by atoms with Gasteiger partial charge in [-0.1, -0.05) is 19.8 Å². The number of rotatable bonds is 8. The van der Waals surface area contributed by atoms with Crippen molar-refractivity contribution >= 4 is 28.5 Å². The van der Waals surface area contributed by atoms with Crippen LogP contribution in [0.3, 0.4) is 0 Å². The zero-order valence-corrected chi connectivity index (χ0v) is 13.8. The summed E-state index contributed by atoms with van der Waals surface area (Å²) >= 11 is 1.42. The van der Waals surface area contributed by atoms with Gasteiger partial charge in [0, 0.05) is 5.38 Å². The molecule has 0 radical (unpaired) electrons. The highest BCUT2D eigenvalue weighted by Gasteiger charge is 2.00. The molecule has 0 aliphatic carbocycles. The topological polar surface area (TPSA) is 72.5 Å². The molecule has 2 rings (SSSR count). The van der Waals surface area contributed by atoms with Gasteiger partial charge in [0.15, 0.2) is 0 Å². The minimum Gasteiger partial charge on any atom is -0.493 e. The minimum atomic E-state index is 0.503. The van der Waals surface area contributed by atoms with E-state index in [1.54, 1.807) is 11.6 Å². The predicted octanol–water partition coefficient (Wildman–Crippen LogP) is 4.05. The fourth-order valence-corrected chi connectivity index (χ4v) is 2.50. The Morgan fingerprint density at radius 3 is 2.95 bits per heavy atom. The molecular weight excluding hydrogens is 296 g/mol. The zero-order valence-electron chi connectivity index (χ0n) is 13.0. The molecule has 0 aliphatic rings. The van der Waals surface area contributed by atoms with E-state index >= 15 is 0 Å². The molecule has 0 saturated heterocycles.